The van der Waals surface area contributed by atoms with Crippen molar-refractivity contribution in [3.63, 3.8) is 0 Å². The zero-order valence-corrected chi connectivity index (χ0v) is 25.8. The molecule has 0 saturated carbocycles. The topological polar surface area (TPSA) is 138 Å². The van der Waals surface area contributed by atoms with Gasteiger partial charge < -0.3 is 5.32 Å². The van der Waals surface area contributed by atoms with Crippen molar-refractivity contribution >= 4 is 49.8 Å². The van der Waals surface area contributed by atoms with Gasteiger partial charge in [0, 0.05) is 16.8 Å². The molecule has 0 aliphatic heterocycles. The van der Waals surface area contributed by atoms with Gasteiger partial charge in [-0.25, -0.2) is 13.4 Å². The van der Waals surface area contributed by atoms with Gasteiger partial charge in [0.05, 0.1) is 21.4 Å². The maximum Gasteiger partial charge on any atom is 0.263 e. The van der Waals surface area contributed by atoms with Crippen LogP contribution in [0.15, 0.2) is 94.9 Å². The number of rotatable bonds is 9. The third-order valence-corrected chi connectivity index (χ3v) is 9.69. The number of hydrogen-bond donors (Lipinski definition) is 2. The van der Waals surface area contributed by atoms with Gasteiger partial charge in [0.1, 0.15) is 16.1 Å². The molecule has 0 bridgehead atoms. The number of nitrogens with zero attached hydrogens (tertiary/aromatic N) is 4. The molecule has 0 spiro atoms. The van der Waals surface area contributed by atoms with E-state index >= 15 is 0 Å². The predicted octanol–water partition coefficient (Wildman–Crippen LogP) is 6.68. The molecule has 12 heteroatoms. The molecule has 0 aliphatic rings. The van der Waals surface area contributed by atoms with Crippen molar-refractivity contribution in [2.75, 3.05) is 10.0 Å². The Kier molecular flexibility index (Phi) is 8.86. The second-order valence-electron chi connectivity index (χ2n) is 9.58. The summed E-state index contributed by atoms with van der Waals surface area (Å²) in [6, 6.07) is 27.6. The first-order chi connectivity index (χ1) is 20.6. The Hall–Kier alpha value is -4.57. The molecule has 0 aliphatic carbocycles. The summed E-state index contributed by atoms with van der Waals surface area (Å²) in [6.45, 7) is 5.46. The van der Waals surface area contributed by atoms with E-state index < -0.39 is 15.3 Å². The first-order valence-corrected chi connectivity index (χ1v) is 16.3. The zero-order valence-electron chi connectivity index (χ0n) is 23.4. The van der Waals surface area contributed by atoms with Crippen LogP contribution >= 0.6 is 23.1 Å². The highest BCUT2D eigenvalue weighted by molar-refractivity contribution is 8.00. The van der Waals surface area contributed by atoms with Gasteiger partial charge in [0.25, 0.3) is 10.0 Å². The SMILES string of the molecule is Cc1ccc(-c2cc(-c3ccccc3)nc(SC(C)C(=O)Nc3ccc(S(=O)(=O)Nc4nnc(C)s4)cc3)c2C#N)cc1. The Labute approximate surface area is 258 Å². The molecule has 2 N–H and O–H groups in total. The molecule has 5 aromatic rings. The minimum atomic E-state index is -3.86. The van der Waals surface area contributed by atoms with E-state index in [1.165, 1.54) is 36.0 Å². The Morgan fingerprint density at radius 3 is 2.28 bits per heavy atom. The Balaban J connectivity index is 1.37. The number of nitrogens with one attached hydrogen (secondary N) is 2. The average molecular weight is 627 g/mol. The van der Waals surface area contributed by atoms with Gasteiger partial charge >= 0.3 is 0 Å². The van der Waals surface area contributed by atoms with Crippen molar-refractivity contribution in [2.45, 2.75) is 35.9 Å². The van der Waals surface area contributed by atoms with Gasteiger partial charge in [-0.2, -0.15) is 5.26 Å². The Morgan fingerprint density at radius 2 is 1.65 bits per heavy atom. The summed E-state index contributed by atoms with van der Waals surface area (Å²) in [5.74, 6) is -0.323. The van der Waals surface area contributed by atoms with Crippen LogP contribution < -0.4 is 10.0 Å². The largest absolute Gasteiger partial charge is 0.325 e. The summed E-state index contributed by atoms with van der Waals surface area (Å²) < 4.78 is 27.8. The molecule has 3 aromatic carbocycles. The van der Waals surface area contributed by atoms with Crippen LogP contribution in [0.4, 0.5) is 10.8 Å². The molecule has 0 radical (unpaired) electrons. The lowest BCUT2D eigenvalue weighted by Gasteiger charge is -2.16. The van der Waals surface area contributed by atoms with Crippen molar-refractivity contribution < 1.29 is 13.2 Å². The molecule has 2 heterocycles. The molecule has 0 saturated heterocycles. The summed E-state index contributed by atoms with van der Waals surface area (Å²) in [4.78, 5) is 18.0. The number of anilines is 2. The number of nitriles is 1. The van der Waals surface area contributed by atoms with Crippen molar-refractivity contribution in [3.8, 4) is 28.5 Å². The van der Waals surface area contributed by atoms with E-state index in [0.29, 0.717) is 27.0 Å². The number of pyridine rings is 1. The van der Waals surface area contributed by atoms with Crippen molar-refractivity contribution in [2.24, 2.45) is 0 Å². The fourth-order valence-electron chi connectivity index (χ4n) is 4.13. The molecule has 5 rings (SSSR count). The second kappa shape index (κ2) is 12.7. The maximum absolute atomic E-state index is 13.2. The molecule has 43 heavy (non-hydrogen) atoms. The summed E-state index contributed by atoms with van der Waals surface area (Å²) in [6.07, 6.45) is 0. The number of hydrogen-bond acceptors (Lipinski definition) is 9. The number of sulfonamides is 1. The molecular weight excluding hydrogens is 601 g/mol. The molecular formula is C31H26N6O3S3. The molecule has 1 unspecified atom stereocenters. The van der Waals surface area contributed by atoms with Crippen molar-refractivity contribution in [1.82, 2.24) is 15.2 Å². The van der Waals surface area contributed by atoms with E-state index in [4.69, 9.17) is 4.98 Å². The minimum Gasteiger partial charge on any atom is -0.325 e. The van der Waals surface area contributed by atoms with Gasteiger partial charge in [-0.05, 0) is 56.7 Å². The number of amides is 1. The van der Waals surface area contributed by atoms with Crippen LogP contribution in [0, 0.1) is 25.2 Å². The minimum absolute atomic E-state index is 0.0185. The van der Waals surface area contributed by atoms with Crippen LogP contribution in [-0.4, -0.2) is 34.8 Å². The monoisotopic (exact) mass is 626 g/mol. The summed E-state index contributed by atoms with van der Waals surface area (Å²) in [7, 11) is -3.86. The van der Waals surface area contributed by atoms with E-state index in [-0.39, 0.29) is 15.9 Å². The molecule has 1 atom stereocenters. The molecule has 2 aromatic heterocycles. The Bertz CT molecular complexity index is 1920. The lowest BCUT2D eigenvalue weighted by atomic mass is 9.98. The van der Waals surface area contributed by atoms with Gasteiger partial charge in [-0.1, -0.05) is 83.3 Å². The highest BCUT2D eigenvalue weighted by atomic mass is 32.2. The van der Waals surface area contributed by atoms with Gasteiger partial charge in [0.2, 0.25) is 11.0 Å². The Morgan fingerprint density at radius 1 is 0.953 bits per heavy atom. The fraction of sp³-hybridized carbons (Fsp3) is 0.129. The number of aryl methyl sites for hydroxylation is 2. The molecule has 216 valence electrons. The number of benzene rings is 3. The standard InChI is InChI=1S/C31H26N6O3S3/c1-19-9-11-22(12-10-19)26-17-28(23-7-5-4-6-8-23)34-30(27(26)18-32)41-20(2)29(38)33-24-13-15-25(16-14-24)43(39,40)37-31-36-35-21(3)42-31/h4-17,20H,1-3H3,(H,33,38)(H,36,37). The number of carbonyl (C=O) groups excluding carboxylic acids is 1. The lowest BCUT2D eigenvalue weighted by molar-refractivity contribution is -0.115. The maximum atomic E-state index is 13.2. The number of aromatic nitrogens is 3. The highest BCUT2D eigenvalue weighted by Gasteiger charge is 2.22. The van der Waals surface area contributed by atoms with Crippen molar-refractivity contribution in [3.05, 3.63) is 101 Å². The van der Waals surface area contributed by atoms with Gasteiger partial charge in [-0.3, -0.25) is 9.52 Å². The first-order valence-electron chi connectivity index (χ1n) is 13.1. The van der Waals surface area contributed by atoms with Crippen LogP contribution in [0.1, 0.15) is 23.1 Å². The van der Waals surface area contributed by atoms with Crippen LogP contribution in [-0.2, 0) is 14.8 Å². The summed E-state index contributed by atoms with van der Waals surface area (Å²) >= 11 is 2.32. The third-order valence-electron chi connectivity index (χ3n) is 6.37. The predicted molar refractivity (Wildman–Crippen MR) is 170 cm³/mol. The molecule has 1 amide bonds. The number of carbonyl (C=O) groups is 1. The fourth-order valence-corrected chi connectivity index (χ4v) is 6.87. The quantitative estimate of drug-likeness (QED) is 0.173. The molecule has 0 fully saturated rings. The summed E-state index contributed by atoms with van der Waals surface area (Å²) in [5, 5.41) is 21.2. The highest BCUT2D eigenvalue weighted by Crippen LogP contribution is 2.36. The first kappa shape index (κ1) is 29.9. The zero-order chi connectivity index (χ0) is 30.6. The van der Waals surface area contributed by atoms with E-state index in [1.54, 1.807) is 13.8 Å². The van der Waals surface area contributed by atoms with E-state index in [2.05, 4.69) is 26.3 Å². The van der Waals surface area contributed by atoms with E-state index in [9.17, 15) is 18.5 Å². The van der Waals surface area contributed by atoms with E-state index in [1.807, 2.05) is 67.6 Å². The van der Waals surface area contributed by atoms with Gasteiger partial charge in [0.15, 0.2) is 0 Å². The lowest BCUT2D eigenvalue weighted by Crippen LogP contribution is -2.22. The van der Waals surface area contributed by atoms with Crippen LogP contribution in [0.5, 0.6) is 0 Å². The second-order valence-corrected chi connectivity index (χ2v) is 13.8. The number of thioether (sulfide) groups is 1. The smallest absolute Gasteiger partial charge is 0.263 e. The van der Waals surface area contributed by atoms with Crippen LogP contribution in [0.2, 0.25) is 0 Å². The van der Waals surface area contributed by atoms with Gasteiger partial charge in [-0.15, -0.1) is 10.2 Å². The normalized spacial score (nSPS) is 11.9. The molecule has 9 nitrogen and oxygen atoms in total. The van der Waals surface area contributed by atoms with Crippen LogP contribution in [0.25, 0.3) is 22.4 Å². The van der Waals surface area contributed by atoms with E-state index in [0.717, 1.165) is 33.6 Å². The van der Waals surface area contributed by atoms with Crippen LogP contribution in [0.3, 0.4) is 0 Å². The third kappa shape index (κ3) is 7.09. The average Bonchev–Trinajstić information content (AvgIpc) is 3.41. The van der Waals surface area contributed by atoms with Crippen molar-refractivity contribution in [1.29, 1.82) is 5.26 Å². The summed E-state index contributed by atoms with van der Waals surface area (Å²) in [5.41, 5.74) is 5.13.